The van der Waals surface area contributed by atoms with Crippen LogP contribution in [0.3, 0.4) is 0 Å². The second-order valence-electron chi connectivity index (χ2n) is 4.76. The third-order valence-electron chi connectivity index (χ3n) is 3.18. The highest BCUT2D eigenvalue weighted by Crippen LogP contribution is 2.35. The molecule has 0 radical (unpaired) electrons. The zero-order valence-corrected chi connectivity index (χ0v) is 12.3. The number of hydrogen-bond donors (Lipinski definition) is 0. The minimum absolute atomic E-state index is 0.260. The van der Waals surface area contributed by atoms with Gasteiger partial charge in [0.05, 0.1) is 10.6 Å². The summed E-state index contributed by atoms with van der Waals surface area (Å²) in [5, 5.41) is -0.260. The van der Waals surface area contributed by atoms with E-state index in [1.807, 2.05) is 49.4 Å². The molecule has 0 atom stereocenters. The second kappa shape index (κ2) is 5.58. The van der Waals surface area contributed by atoms with Crippen LogP contribution in [0.25, 0.3) is 6.08 Å². The van der Waals surface area contributed by atoms with Crippen molar-refractivity contribution >= 4 is 34.7 Å². The summed E-state index contributed by atoms with van der Waals surface area (Å²) in [6, 6.07) is 16.8. The summed E-state index contributed by atoms with van der Waals surface area (Å²) in [6.07, 6.45) is 1.76. The lowest BCUT2D eigenvalue weighted by atomic mass is 10.1. The lowest BCUT2D eigenvalue weighted by Gasteiger charge is -2.11. The fraction of sp³-hybridized carbons (Fsp3) is 0.0588. The van der Waals surface area contributed by atoms with Crippen LogP contribution >= 0.6 is 11.8 Å². The number of anilines is 1. The third-order valence-corrected chi connectivity index (χ3v) is 4.05. The van der Waals surface area contributed by atoms with Gasteiger partial charge in [-0.1, -0.05) is 48.0 Å². The van der Waals surface area contributed by atoms with Crippen molar-refractivity contribution in [1.29, 1.82) is 0 Å². The molecule has 0 aromatic heterocycles. The van der Waals surface area contributed by atoms with Gasteiger partial charge in [-0.3, -0.25) is 9.59 Å². The monoisotopic (exact) mass is 295 g/mol. The van der Waals surface area contributed by atoms with Gasteiger partial charge in [-0.25, -0.2) is 4.90 Å². The van der Waals surface area contributed by atoms with Crippen LogP contribution in [0.1, 0.15) is 11.1 Å². The lowest BCUT2D eigenvalue weighted by molar-refractivity contribution is -0.113. The van der Waals surface area contributed by atoms with Gasteiger partial charge in [-0.05, 0) is 42.5 Å². The summed E-state index contributed by atoms with van der Waals surface area (Å²) in [6.45, 7) is 2.01. The third kappa shape index (κ3) is 2.76. The molecule has 2 aromatic rings. The molecular weight excluding hydrogens is 282 g/mol. The molecular formula is C17H13NO2S. The first-order valence-corrected chi connectivity index (χ1v) is 7.36. The number of carbonyl (C=O) groups excluding carboxylic acids is 2. The van der Waals surface area contributed by atoms with Gasteiger partial charge in [-0.2, -0.15) is 0 Å². The number of aryl methyl sites for hydroxylation is 1. The molecule has 3 nitrogen and oxygen atoms in total. The average Bonchev–Trinajstić information content (AvgIpc) is 2.77. The number of carbonyl (C=O) groups is 2. The molecule has 0 unspecified atom stereocenters. The Balaban J connectivity index is 1.92. The van der Waals surface area contributed by atoms with Crippen LogP contribution in [0.4, 0.5) is 10.5 Å². The molecule has 104 valence electrons. The Hall–Kier alpha value is -2.33. The number of hydrogen-bond acceptors (Lipinski definition) is 3. The maximum atomic E-state index is 12.4. The van der Waals surface area contributed by atoms with Crippen molar-refractivity contribution in [3.8, 4) is 0 Å². The van der Waals surface area contributed by atoms with Crippen molar-refractivity contribution in [1.82, 2.24) is 0 Å². The minimum Gasteiger partial charge on any atom is -0.268 e. The Morgan fingerprint density at radius 2 is 1.62 bits per heavy atom. The normalized spacial score (nSPS) is 16.8. The minimum atomic E-state index is -0.267. The van der Waals surface area contributed by atoms with E-state index in [-0.39, 0.29) is 11.1 Å². The van der Waals surface area contributed by atoms with Crippen molar-refractivity contribution in [2.75, 3.05) is 4.90 Å². The Bertz CT molecular complexity index is 720. The number of imide groups is 1. The molecule has 1 heterocycles. The molecule has 1 aliphatic heterocycles. The van der Waals surface area contributed by atoms with Crippen LogP contribution in [0.15, 0.2) is 59.5 Å². The molecule has 0 saturated carbocycles. The Morgan fingerprint density at radius 3 is 2.29 bits per heavy atom. The molecule has 2 aromatic carbocycles. The number of rotatable bonds is 2. The van der Waals surface area contributed by atoms with Crippen LogP contribution in [-0.2, 0) is 4.79 Å². The molecule has 0 bridgehead atoms. The van der Waals surface area contributed by atoms with E-state index in [1.54, 1.807) is 18.2 Å². The summed E-state index contributed by atoms with van der Waals surface area (Å²) < 4.78 is 0. The van der Waals surface area contributed by atoms with Crippen molar-refractivity contribution < 1.29 is 9.59 Å². The maximum absolute atomic E-state index is 12.4. The quantitative estimate of drug-likeness (QED) is 0.778. The number of thioether (sulfide) groups is 1. The van der Waals surface area contributed by atoms with Crippen LogP contribution in [-0.4, -0.2) is 11.1 Å². The molecule has 1 fully saturated rings. The smallest absolute Gasteiger partial charge is 0.268 e. The fourth-order valence-corrected chi connectivity index (χ4v) is 2.92. The summed E-state index contributed by atoms with van der Waals surface area (Å²) in [7, 11) is 0. The van der Waals surface area contributed by atoms with Crippen LogP contribution in [0.5, 0.6) is 0 Å². The topological polar surface area (TPSA) is 37.4 Å². The van der Waals surface area contributed by atoms with Crippen LogP contribution < -0.4 is 4.90 Å². The highest BCUT2D eigenvalue weighted by atomic mass is 32.2. The molecule has 0 spiro atoms. The predicted octanol–water partition coefficient (Wildman–Crippen LogP) is 4.24. The summed E-state index contributed by atoms with van der Waals surface area (Å²) in [5.41, 5.74) is 2.68. The van der Waals surface area contributed by atoms with E-state index in [2.05, 4.69) is 0 Å². The average molecular weight is 295 g/mol. The molecule has 3 rings (SSSR count). The van der Waals surface area contributed by atoms with E-state index in [1.165, 1.54) is 4.90 Å². The molecule has 1 aliphatic rings. The first kappa shape index (κ1) is 13.6. The molecule has 21 heavy (non-hydrogen) atoms. The van der Waals surface area contributed by atoms with Gasteiger partial charge < -0.3 is 0 Å². The molecule has 2 amide bonds. The zero-order chi connectivity index (χ0) is 14.8. The molecule has 0 aliphatic carbocycles. The molecule has 0 N–H and O–H groups in total. The van der Waals surface area contributed by atoms with Crippen molar-refractivity contribution in [2.45, 2.75) is 6.92 Å². The molecule has 1 saturated heterocycles. The summed E-state index contributed by atoms with van der Waals surface area (Å²) >= 11 is 0.974. The van der Waals surface area contributed by atoms with Gasteiger partial charge in [-0.15, -0.1) is 0 Å². The highest BCUT2D eigenvalue weighted by Gasteiger charge is 2.36. The predicted molar refractivity (Wildman–Crippen MR) is 86.1 cm³/mol. The van der Waals surface area contributed by atoms with E-state index in [0.29, 0.717) is 10.6 Å². The fourth-order valence-electron chi connectivity index (χ4n) is 2.08. The van der Waals surface area contributed by atoms with E-state index in [9.17, 15) is 9.59 Å². The highest BCUT2D eigenvalue weighted by molar-refractivity contribution is 8.19. The number of para-hydroxylation sites is 1. The van der Waals surface area contributed by atoms with Crippen molar-refractivity contribution in [3.63, 3.8) is 0 Å². The van der Waals surface area contributed by atoms with Gasteiger partial charge in [0, 0.05) is 0 Å². The lowest BCUT2D eigenvalue weighted by Crippen LogP contribution is -2.27. The Labute approximate surface area is 127 Å². The van der Waals surface area contributed by atoms with Crippen molar-refractivity contribution in [3.05, 3.63) is 70.6 Å². The first-order valence-electron chi connectivity index (χ1n) is 6.55. The summed E-state index contributed by atoms with van der Waals surface area (Å²) in [4.78, 5) is 26.1. The maximum Gasteiger partial charge on any atom is 0.298 e. The Morgan fingerprint density at radius 1 is 0.952 bits per heavy atom. The molecule has 4 heteroatoms. The van der Waals surface area contributed by atoms with E-state index < -0.39 is 0 Å². The number of benzene rings is 2. The largest absolute Gasteiger partial charge is 0.298 e. The number of amides is 2. The van der Waals surface area contributed by atoms with Crippen molar-refractivity contribution in [2.24, 2.45) is 0 Å². The van der Waals surface area contributed by atoms with E-state index >= 15 is 0 Å². The van der Waals surface area contributed by atoms with Gasteiger partial charge in [0.25, 0.3) is 11.1 Å². The zero-order valence-electron chi connectivity index (χ0n) is 11.4. The van der Waals surface area contributed by atoms with Crippen LogP contribution in [0, 0.1) is 6.92 Å². The SMILES string of the molecule is Cc1ccc(/C=C2\SC(=O)N(c3ccccc3)C2=O)cc1. The second-order valence-corrected chi connectivity index (χ2v) is 5.76. The van der Waals surface area contributed by atoms with Gasteiger partial charge >= 0.3 is 0 Å². The van der Waals surface area contributed by atoms with E-state index in [4.69, 9.17) is 0 Å². The summed E-state index contributed by atoms with van der Waals surface area (Å²) in [5.74, 6) is -0.267. The van der Waals surface area contributed by atoms with Crippen LogP contribution in [0.2, 0.25) is 0 Å². The van der Waals surface area contributed by atoms with Gasteiger partial charge in [0.2, 0.25) is 0 Å². The first-order chi connectivity index (χ1) is 10.1. The van der Waals surface area contributed by atoms with E-state index in [0.717, 1.165) is 22.9 Å². The standard InChI is InChI=1S/C17H13NO2S/c1-12-7-9-13(10-8-12)11-15-16(19)18(17(20)21-15)14-5-3-2-4-6-14/h2-11H,1H3/b15-11-. The number of nitrogens with zero attached hydrogens (tertiary/aromatic N) is 1. The Kier molecular flexibility index (Phi) is 3.62. The van der Waals surface area contributed by atoms with Gasteiger partial charge in [0.1, 0.15) is 0 Å². The van der Waals surface area contributed by atoms with Gasteiger partial charge in [0.15, 0.2) is 0 Å².